The summed E-state index contributed by atoms with van der Waals surface area (Å²) >= 11 is 2.67. The lowest BCUT2D eigenvalue weighted by atomic mass is 10.2. The molecule has 2 rings (SSSR count). The van der Waals surface area contributed by atoms with E-state index in [4.69, 9.17) is 4.74 Å². The zero-order valence-corrected chi connectivity index (χ0v) is 16.7. The highest BCUT2D eigenvalue weighted by Gasteiger charge is 2.11. The van der Waals surface area contributed by atoms with Crippen LogP contribution in [0.3, 0.4) is 0 Å². The number of aromatic nitrogens is 1. The van der Waals surface area contributed by atoms with Gasteiger partial charge in [-0.25, -0.2) is 4.98 Å². The second kappa shape index (κ2) is 10.7. The predicted molar refractivity (Wildman–Crippen MR) is 106 cm³/mol. The Kier molecular flexibility index (Phi) is 8.28. The van der Waals surface area contributed by atoms with E-state index in [1.165, 1.54) is 23.1 Å². The van der Waals surface area contributed by atoms with E-state index in [2.05, 4.69) is 15.6 Å². The number of carbonyl (C=O) groups excluding carboxylic acids is 3. The number of amides is 2. The van der Waals surface area contributed by atoms with Crippen molar-refractivity contribution in [2.24, 2.45) is 0 Å². The number of carbonyl (C=O) groups is 3. The molecule has 1 heterocycles. The Labute approximate surface area is 165 Å². The van der Waals surface area contributed by atoms with Crippen LogP contribution >= 0.6 is 23.1 Å². The number of rotatable bonds is 9. The van der Waals surface area contributed by atoms with Gasteiger partial charge in [-0.1, -0.05) is 17.8 Å². The number of nitrogens with zero attached hydrogens (tertiary/aromatic N) is 1. The molecule has 9 heteroatoms. The topological polar surface area (TPSA) is 97.4 Å². The molecule has 0 atom stereocenters. The van der Waals surface area contributed by atoms with Crippen LogP contribution in [0.15, 0.2) is 34.0 Å². The van der Waals surface area contributed by atoms with Gasteiger partial charge < -0.3 is 15.4 Å². The molecule has 0 unspecified atom stereocenters. The van der Waals surface area contributed by atoms with Crippen LogP contribution in [0.1, 0.15) is 29.9 Å². The minimum absolute atomic E-state index is 0.129. The van der Waals surface area contributed by atoms with Gasteiger partial charge in [-0.15, -0.1) is 11.3 Å². The van der Waals surface area contributed by atoms with Gasteiger partial charge in [0.05, 0.1) is 24.5 Å². The van der Waals surface area contributed by atoms with Gasteiger partial charge >= 0.3 is 5.97 Å². The number of thioether (sulfide) groups is 1. The summed E-state index contributed by atoms with van der Waals surface area (Å²) < 4.78 is 5.60. The minimum Gasteiger partial charge on any atom is -0.466 e. The second-order valence-electron chi connectivity index (χ2n) is 5.36. The Morgan fingerprint density at radius 2 is 2.07 bits per heavy atom. The van der Waals surface area contributed by atoms with Crippen LogP contribution in [-0.2, 0) is 20.7 Å². The van der Waals surface area contributed by atoms with Crippen LogP contribution in [0, 0.1) is 0 Å². The first-order valence-corrected chi connectivity index (χ1v) is 10.3. The Hall–Kier alpha value is -2.39. The van der Waals surface area contributed by atoms with Crippen molar-refractivity contribution in [3.63, 3.8) is 0 Å². The summed E-state index contributed by atoms with van der Waals surface area (Å²) in [5.74, 6) is -0.517. The Morgan fingerprint density at radius 1 is 1.26 bits per heavy atom. The molecule has 27 heavy (non-hydrogen) atoms. The molecule has 0 saturated heterocycles. The molecular weight excluding hydrogens is 386 g/mol. The fourth-order valence-electron chi connectivity index (χ4n) is 2.12. The summed E-state index contributed by atoms with van der Waals surface area (Å²) in [5, 5.41) is 7.27. The first kappa shape index (κ1) is 20.9. The SMILES string of the molecule is CCNC(=O)c1cccc(NC(=O)CSc2nc(CC(=O)OCC)cs2)c1. The Bertz CT molecular complexity index is 807. The third kappa shape index (κ3) is 7.03. The molecule has 2 amide bonds. The van der Waals surface area contributed by atoms with Crippen molar-refractivity contribution in [2.45, 2.75) is 24.6 Å². The molecule has 0 bridgehead atoms. The summed E-state index contributed by atoms with van der Waals surface area (Å²) in [4.78, 5) is 39.7. The number of esters is 1. The van der Waals surface area contributed by atoms with E-state index >= 15 is 0 Å². The molecule has 0 saturated carbocycles. The highest BCUT2D eigenvalue weighted by molar-refractivity contribution is 8.01. The van der Waals surface area contributed by atoms with Gasteiger partial charge in [-0.05, 0) is 32.0 Å². The van der Waals surface area contributed by atoms with Gasteiger partial charge in [0, 0.05) is 23.2 Å². The van der Waals surface area contributed by atoms with Crippen molar-refractivity contribution in [3.05, 3.63) is 40.9 Å². The largest absolute Gasteiger partial charge is 0.466 e. The molecule has 0 aliphatic rings. The number of nitrogens with one attached hydrogen (secondary N) is 2. The summed E-state index contributed by atoms with van der Waals surface area (Å²) in [6.45, 7) is 4.48. The van der Waals surface area contributed by atoms with E-state index in [0.29, 0.717) is 34.4 Å². The fraction of sp³-hybridized carbons (Fsp3) is 0.333. The molecule has 2 aromatic rings. The fourth-order valence-corrected chi connectivity index (χ4v) is 3.77. The van der Waals surface area contributed by atoms with Gasteiger partial charge in [-0.2, -0.15) is 0 Å². The third-order valence-corrected chi connectivity index (χ3v) is 5.30. The molecular formula is C18H21N3O4S2. The minimum atomic E-state index is -0.316. The maximum absolute atomic E-state index is 12.1. The van der Waals surface area contributed by atoms with E-state index < -0.39 is 0 Å². The van der Waals surface area contributed by atoms with Crippen molar-refractivity contribution in [1.82, 2.24) is 10.3 Å². The third-order valence-electron chi connectivity index (χ3n) is 3.23. The van der Waals surface area contributed by atoms with E-state index in [1.807, 2.05) is 6.92 Å². The van der Waals surface area contributed by atoms with Crippen LogP contribution < -0.4 is 10.6 Å². The first-order valence-electron chi connectivity index (χ1n) is 8.42. The predicted octanol–water partition coefficient (Wildman–Crippen LogP) is 2.73. The van der Waals surface area contributed by atoms with Gasteiger partial charge in [-0.3, -0.25) is 14.4 Å². The smallest absolute Gasteiger partial charge is 0.311 e. The van der Waals surface area contributed by atoms with E-state index in [1.54, 1.807) is 36.6 Å². The van der Waals surface area contributed by atoms with Gasteiger partial charge in [0.2, 0.25) is 5.91 Å². The highest BCUT2D eigenvalue weighted by Crippen LogP contribution is 2.23. The summed E-state index contributed by atoms with van der Waals surface area (Å²) in [7, 11) is 0. The van der Waals surface area contributed by atoms with Crippen LogP contribution in [0.4, 0.5) is 5.69 Å². The standard InChI is InChI=1S/C18H21N3O4S2/c1-3-19-17(24)12-6-5-7-13(8-12)20-15(22)11-27-18-21-14(10-26-18)9-16(23)25-4-2/h5-8,10H,3-4,9,11H2,1-2H3,(H,19,24)(H,20,22). The van der Waals surface area contributed by atoms with E-state index in [0.717, 1.165) is 0 Å². The zero-order chi connectivity index (χ0) is 19.6. The second-order valence-corrected chi connectivity index (χ2v) is 7.44. The van der Waals surface area contributed by atoms with Gasteiger partial charge in [0.15, 0.2) is 4.34 Å². The molecule has 0 aliphatic heterocycles. The maximum Gasteiger partial charge on any atom is 0.311 e. The van der Waals surface area contributed by atoms with Crippen LogP contribution in [-0.4, -0.2) is 41.7 Å². The Morgan fingerprint density at radius 3 is 2.81 bits per heavy atom. The number of hydrogen-bond acceptors (Lipinski definition) is 7. The number of thiazole rings is 1. The monoisotopic (exact) mass is 407 g/mol. The molecule has 0 aliphatic carbocycles. The molecule has 1 aromatic carbocycles. The van der Waals surface area contributed by atoms with E-state index in [-0.39, 0.29) is 30.0 Å². The van der Waals surface area contributed by atoms with Gasteiger partial charge in [0.1, 0.15) is 0 Å². The lowest BCUT2D eigenvalue weighted by Crippen LogP contribution is -2.23. The molecule has 2 N–H and O–H groups in total. The highest BCUT2D eigenvalue weighted by atomic mass is 32.2. The lowest BCUT2D eigenvalue weighted by Gasteiger charge is -2.07. The van der Waals surface area contributed by atoms with Crippen molar-refractivity contribution >= 4 is 46.6 Å². The van der Waals surface area contributed by atoms with E-state index in [9.17, 15) is 14.4 Å². The normalized spacial score (nSPS) is 10.3. The summed E-state index contributed by atoms with van der Waals surface area (Å²) in [6.07, 6.45) is 0.129. The molecule has 0 radical (unpaired) electrons. The molecule has 0 fully saturated rings. The van der Waals surface area contributed by atoms with Crippen LogP contribution in [0.25, 0.3) is 0 Å². The number of hydrogen-bond donors (Lipinski definition) is 2. The first-order chi connectivity index (χ1) is 13.0. The lowest BCUT2D eigenvalue weighted by molar-refractivity contribution is -0.142. The average molecular weight is 408 g/mol. The average Bonchev–Trinajstić information content (AvgIpc) is 3.08. The van der Waals surface area contributed by atoms with Crippen molar-refractivity contribution in [1.29, 1.82) is 0 Å². The molecule has 7 nitrogen and oxygen atoms in total. The van der Waals surface area contributed by atoms with Crippen molar-refractivity contribution in [3.8, 4) is 0 Å². The molecule has 0 spiro atoms. The summed E-state index contributed by atoms with van der Waals surface area (Å²) in [6, 6.07) is 6.77. The quantitative estimate of drug-likeness (QED) is 0.490. The zero-order valence-electron chi connectivity index (χ0n) is 15.1. The Balaban J connectivity index is 1.84. The number of ether oxygens (including phenoxy) is 1. The van der Waals surface area contributed by atoms with Gasteiger partial charge in [0.25, 0.3) is 5.91 Å². The van der Waals surface area contributed by atoms with Crippen LogP contribution in [0.5, 0.6) is 0 Å². The maximum atomic E-state index is 12.1. The number of anilines is 1. The van der Waals surface area contributed by atoms with Crippen LogP contribution in [0.2, 0.25) is 0 Å². The van der Waals surface area contributed by atoms with Crippen molar-refractivity contribution in [2.75, 3.05) is 24.2 Å². The molecule has 144 valence electrons. The van der Waals surface area contributed by atoms with Crippen molar-refractivity contribution < 1.29 is 19.1 Å². The molecule has 1 aromatic heterocycles. The number of benzene rings is 1. The summed E-state index contributed by atoms with van der Waals surface area (Å²) in [5.41, 5.74) is 1.69.